The summed E-state index contributed by atoms with van der Waals surface area (Å²) in [5, 5.41) is 18.0. The number of rotatable bonds is 6. The average molecular weight is 277 g/mol. The number of benzene rings is 1. The summed E-state index contributed by atoms with van der Waals surface area (Å²) >= 11 is 0. The highest BCUT2D eigenvalue weighted by Gasteiger charge is 2.25. The van der Waals surface area contributed by atoms with Crippen molar-refractivity contribution >= 4 is 5.78 Å². The minimum Gasteiger partial charge on any atom is -0.508 e. The number of aliphatic hydroxyl groups excluding tert-OH is 1. The van der Waals surface area contributed by atoms with Crippen molar-refractivity contribution in [2.45, 2.75) is 25.7 Å². The first kappa shape index (κ1) is 15.0. The van der Waals surface area contributed by atoms with Gasteiger partial charge in [-0.05, 0) is 69.6 Å². The van der Waals surface area contributed by atoms with E-state index in [-0.39, 0.29) is 24.1 Å². The first-order chi connectivity index (χ1) is 9.70. The number of carbonyl (C=O) groups is 1. The molecular formula is C16H23NO3. The Morgan fingerprint density at radius 3 is 2.40 bits per heavy atom. The van der Waals surface area contributed by atoms with E-state index in [1.807, 2.05) is 0 Å². The molecule has 0 amide bonds. The molecule has 20 heavy (non-hydrogen) atoms. The molecule has 0 aromatic heterocycles. The summed E-state index contributed by atoms with van der Waals surface area (Å²) < 4.78 is 0. The van der Waals surface area contributed by atoms with Crippen LogP contribution in [0.1, 0.15) is 36.0 Å². The van der Waals surface area contributed by atoms with Crippen LogP contribution in [-0.2, 0) is 0 Å². The van der Waals surface area contributed by atoms with Crippen molar-refractivity contribution in [3.05, 3.63) is 29.8 Å². The molecule has 2 rings (SSSR count). The second-order valence-electron chi connectivity index (χ2n) is 5.46. The molecule has 4 nitrogen and oxygen atoms in total. The molecule has 1 saturated heterocycles. The highest BCUT2D eigenvalue weighted by atomic mass is 16.3. The Hall–Kier alpha value is -1.39. The van der Waals surface area contributed by atoms with Gasteiger partial charge in [-0.1, -0.05) is 0 Å². The molecule has 0 aliphatic carbocycles. The third-order valence-corrected chi connectivity index (χ3v) is 3.99. The molecule has 0 spiro atoms. The topological polar surface area (TPSA) is 60.8 Å². The van der Waals surface area contributed by atoms with Gasteiger partial charge in [-0.15, -0.1) is 0 Å². The van der Waals surface area contributed by atoms with Gasteiger partial charge < -0.3 is 15.1 Å². The van der Waals surface area contributed by atoms with Crippen LogP contribution in [0.15, 0.2) is 24.3 Å². The summed E-state index contributed by atoms with van der Waals surface area (Å²) in [7, 11) is 0. The molecule has 0 atom stereocenters. The molecule has 2 N–H and O–H groups in total. The first-order valence-electron chi connectivity index (χ1n) is 7.37. The van der Waals surface area contributed by atoms with Gasteiger partial charge in [0, 0.05) is 18.1 Å². The van der Waals surface area contributed by atoms with E-state index in [2.05, 4.69) is 4.90 Å². The lowest BCUT2D eigenvalue weighted by molar-refractivity contribution is 0.0838. The minimum atomic E-state index is 0.105. The normalized spacial score (nSPS) is 17.2. The standard InChI is InChI=1S/C16H23NO3/c18-12-2-1-9-17-10-7-14(8-11-17)16(20)13-3-5-15(19)6-4-13/h3-6,14,18-19H,1-2,7-12H2. The number of hydrogen-bond acceptors (Lipinski definition) is 4. The summed E-state index contributed by atoms with van der Waals surface area (Å²) in [4.78, 5) is 14.7. The Balaban J connectivity index is 1.81. The van der Waals surface area contributed by atoms with Crippen LogP contribution in [0.3, 0.4) is 0 Å². The summed E-state index contributed by atoms with van der Waals surface area (Å²) in [6, 6.07) is 6.53. The van der Waals surface area contributed by atoms with Crippen LogP contribution < -0.4 is 0 Å². The number of aliphatic hydroxyl groups is 1. The Bertz CT molecular complexity index is 422. The zero-order chi connectivity index (χ0) is 14.4. The van der Waals surface area contributed by atoms with E-state index in [1.54, 1.807) is 24.3 Å². The van der Waals surface area contributed by atoms with Crippen LogP contribution >= 0.6 is 0 Å². The van der Waals surface area contributed by atoms with Crippen molar-refractivity contribution in [2.75, 3.05) is 26.2 Å². The molecule has 1 heterocycles. The monoisotopic (exact) mass is 277 g/mol. The summed E-state index contributed by atoms with van der Waals surface area (Å²) in [6.07, 6.45) is 3.68. The van der Waals surface area contributed by atoms with E-state index in [0.29, 0.717) is 5.56 Å². The van der Waals surface area contributed by atoms with Crippen LogP contribution in [0.5, 0.6) is 5.75 Å². The Morgan fingerprint density at radius 1 is 1.15 bits per heavy atom. The summed E-state index contributed by atoms with van der Waals surface area (Å²) in [6.45, 7) is 3.19. The molecule has 1 aliphatic rings. The number of unbranched alkanes of at least 4 members (excludes halogenated alkanes) is 1. The molecule has 0 bridgehead atoms. The SMILES string of the molecule is O=C(c1ccc(O)cc1)C1CCN(CCCCO)CC1. The number of nitrogens with zero attached hydrogens (tertiary/aromatic N) is 1. The second-order valence-corrected chi connectivity index (χ2v) is 5.46. The molecule has 1 aromatic carbocycles. The van der Waals surface area contributed by atoms with E-state index in [9.17, 15) is 9.90 Å². The van der Waals surface area contributed by atoms with Crippen LogP contribution in [0.2, 0.25) is 0 Å². The predicted octanol–water partition coefficient (Wildman–Crippen LogP) is 2.06. The van der Waals surface area contributed by atoms with Crippen LogP contribution in [0, 0.1) is 5.92 Å². The van der Waals surface area contributed by atoms with Gasteiger partial charge in [0.15, 0.2) is 5.78 Å². The smallest absolute Gasteiger partial charge is 0.166 e. The zero-order valence-electron chi connectivity index (χ0n) is 11.8. The van der Waals surface area contributed by atoms with Crippen LogP contribution in [0.25, 0.3) is 0 Å². The van der Waals surface area contributed by atoms with E-state index in [4.69, 9.17) is 5.11 Å². The maximum atomic E-state index is 12.3. The maximum Gasteiger partial charge on any atom is 0.166 e. The molecule has 1 aliphatic heterocycles. The summed E-state index contributed by atoms with van der Waals surface area (Å²) in [5.74, 6) is 0.494. The van der Waals surface area contributed by atoms with E-state index < -0.39 is 0 Å². The fourth-order valence-corrected chi connectivity index (χ4v) is 2.73. The Labute approximate surface area is 120 Å². The van der Waals surface area contributed by atoms with Crippen molar-refractivity contribution in [3.63, 3.8) is 0 Å². The number of aromatic hydroxyl groups is 1. The lowest BCUT2D eigenvalue weighted by atomic mass is 9.89. The van der Waals surface area contributed by atoms with Gasteiger partial charge >= 0.3 is 0 Å². The highest BCUT2D eigenvalue weighted by Crippen LogP contribution is 2.23. The lowest BCUT2D eigenvalue weighted by Crippen LogP contribution is -2.37. The maximum absolute atomic E-state index is 12.3. The number of carbonyl (C=O) groups excluding carboxylic acids is 1. The third kappa shape index (κ3) is 4.05. The molecule has 4 heteroatoms. The van der Waals surface area contributed by atoms with Gasteiger partial charge in [0.2, 0.25) is 0 Å². The average Bonchev–Trinajstić information content (AvgIpc) is 2.48. The van der Waals surface area contributed by atoms with Gasteiger partial charge in [0.1, 0.15) is 5.75 Å². The second kappa shape index (κ2) is 7.41. The van der Waals surface area contributed by atoms with Crippen molar-refractivity contribution < 1.29 is 15.0 Å². The number of piperidine rings is 1. The van der Waals surface area contributed by atoms with Crippen molar-refractivity contribution in [1.82, 2.24) is 4.90 Å². The largest absolute Gasteiger partial charge is 0.508 e. The van der Waals surface area contributed by atoms with Gasteiger partial charge in [-0.3, -0.25) is 4.79 Å². The van der Waals surface area contributed by atoms with Crippen molar-refractivity contribution in [3.8, 4) is 5.75 Å². The van der Waals surface area contributed by atoms with Gasteiger partial charge in [0.05, 0.1) is 0 Å². The van der Waals surface area contributed by atoms with Gasteiger partial charge in [-0.2, -0.15) is 0 Å². The molecule has 110 valence electrons. The van der Waals surface area contributed by atoms with Gasteiger partial charge in [0.25, 0.3) is 0 Å². The molecule has 1 fully saturated rings. The Morgan fingerprint density at radius 2 is 1.80 bits per heavy atom. The number of phenolic OH excluding ortho intramolecular Hbond substituents is 1. The zero-order valence-corrected chi connectivity index (χ0v) is 11.8. The minimum absolute atomic E-state index is 0.105. The molecule has 0 radical (unpaired) electrons. The number of likely N-dealkylation sites (tertiary alicyclic amines) is 1. The quantitative estimate of drug-likeness (QED) is 0.617. The van der Waals surface area contributed by atoms with Crippen LogP contribution in [0.4, 0.5) is 0 Å². The van der Waals surface area contributed by atoms with Crippen LogP contribution in [-0.4, -0.2) is 47.1 Å². The van der Waals surface area contributed by atoms with Crippen molar-refractivity contribution in [2.24, 2.45) is 5.92 Å². The first-order valence-corrected chi connectivity index (χ1v) is 7.37. The highest BCUT2D eigenvalue weighted by molar-refractivity contribution is 5.98. The molecular weight excluding hydrogens is 254 g/mol. The third-order valence-electron chi connectivity index (χ3n) is 3.99. The molecule has 1 aromatic rings. The molecule has 0 saturated carbocycles. The lowest BCUT2D eigenvalue weighted by Gasteiger charge is -2.31. The predicted molar refractivity (Wildman–Crippen MR) is 77.9 cm³/mol. The van der Waals surface area contributed by atoms with Gasteiger partial charge in [-0.25, -0.2) is 0 Å². The number of ketones is 1. The Kier molecular flexibility index (Phi) is 5.56. The van der Waals surface area contributed by atoms with E-state index in [0.717, 1.165) is 45.3 Å². The summed E-state index contributed by atoms with van der Waals surface area (Å²) in [5.41, 5.74) is 0.696. The molecule has 0 unspecified atom stereocenters. The number of hydrogen-bond donors (Lipinski definition) is 2. The fraction of sp³-hybridized carbons (Fsp3) is 0.562. The fourth-order valence-electron chi connectivity index (χ4n) is 2.73. The van der Waals surface area contributed by atoms with E-state index in [1.165, 1.54) is 0 Å². The van der Waals surface area contributed by atoms with Crippen molar-refractivity contribution in [1.29, 1.82) is 0 Å². The number of Topliss-reactive ketones (excluding diaryl/α,β-unsaturated/α-hetero) is 1. The van der Waals surface area contributed by atoms with E-state index >= 15 is 0 Å². The number of phenols is 1.